The molecule has 1 amide bonds. The lowest BCUT2D eigenvalue weighted by molar-refractivity contribution is 0.100. The predicted octanol–water partition coefficient (Wildman–Crippen LogP) is 1.44. The van der Waals surface area contributed by atoms with Gasteiger partial charge in [-0.25, -0.2) is 0 Å². The Morgan fingerprint density at radius 3 is 2.00 bits per heavy atom. The van der Waals surface area contributed by atoms with Crippen LogP contribution < -0.4 is 5.73 Å². The molecule has 0 spiro atoms. The SMILES string of the molecule is C1=CC1.NC(=O)c1ccc(O)cc1. The number of carbonyl (C=O) groups is 1. The van der Waals surface area contributed by atoms with Crippen molar-refractivity contribution in [2.45, 2.75) is 6.42 Å². The van der Waals surface area contributed by atoms with Gasteiger partial charge in [0, 0.05) is 5.56 Å². The maximum atomic E-state index is 10.5. The summed E-state index contributed by atoms with van der Waals surface area (Å²) in [5, 5.41) is 8.79. The molecule has 0 radical (unpaired) electrons. The molecule has 3 heteroatoms. The predicted molar refractivity (Wildman–Crippen MR) is 50.4 cm³/mol. The van der Waals surface area contributed by atoms with Crippen LogP contribution in [0.4, 0.5) is 0 Å². The second-order valence-electron chi connectivity index (χ2n) is 2.62. The highest BCUT2D eigenvalue weighted by Gasteiger charge is 1.96. The summed E-state index contributed by atoms with van der Waals surface area (Å²) < 4.78 is 0. The van der Waals surface area contributed by atoms with Crippen LogP contribution in [-0.2, 0) is 0 Å². The van der Waals surface area contributed by atoms with Gasteiger partial charge in [-0.05, 0) is 30.7 Å². The number of nitrogens with two attached hydrogens (primary N) is 1. The molecule has 1 aliphatic carbocycles. The van der Waals surface area contributed by atoms with Crippen LogP contribution in [0.2, 0.25) is 0 Å². The van der Waals surface area contributed by atoms with Crippen LogP contribution >= 0.6 is 0 Å². The Balaban J connectivity index is 0.000000236. The van der Waals surface area contributed by atoms with Gasteiger partial charge in [0.05, 0.1) is 0 Å². The Morgan fingerprint density at radius 1 is 1.23 bits per heavy atom. The molecule has 0 unspecified atom stereocenters. The minimum atomic E-state index is -0.486. The van der Waals surface area contributed by atoms with E-state index in [1.165, 1.54) is 30.7 Å². The summed E-state index contributed by atoms with van der Waals surface area (Å²) in [7, 11) is 0. The zero-order valence-electron chi connectivity index (χ0n) is 7.10. The Kier molecular flexibility index (Phi) is 3.09. The van der Waals surface area contributed by atoms with E-state index < -0.39 is 5.91 Å². The molecule has 0 fully saturated rings. The van der Waals surface area contributed by atoms with Gasteiger partial charge in [0.2, 0.25) is 5.91 Å². The smallest absolute Gasteiger partial charge is 0.248 e. The van der Waals surface area contributed by atoms with Crippen molar-refractivity contribution in [1.29, 1.82) is 0 Å². The zero-order chi connectivity index (χ0) is 9.68. The first kappa shape index (κ1) is 9.32. The number of rotatable bonds is 1. The second kappa shape index (κ2) is 4.30. The first-order valence-corrected chi connectivity index (χ1v) is 3.94. The monoisotopic (exact) mass is 177 g/mol. The van der Waals surface area contributed by atoms with Gasteiger partial charge in [0.1, 0.15) is 5.75 Å². The van der Waals surface area contributed by atoms with Crippen molar-refractivity contribution in [3.63, 3.8) is 0 Å². The molecular formula is C10H11NO2. The molecule has 3 nitrogen and oxygen atoms in total. The molecule has 0 atom stereocenters. The van der Waals surface area contributed by atoms with Crippen molar-refractivity contribution < 1.29 is 9.90 Å². The number of benzene rings is 1. The van der Waals surface area contributed by atoms with Gasteiger partial charge in [0.25, 0.3) is 0 Å². The van der Waals surface area contributed by atoms with Crippen LogP contribution in [0, 0.1) is 0 Å². The highest BCUT2D eigenvalue weighted by atomic mass is 16.3. The van der Waals surface area contributed by atoms with Gasteiger partial charge in [0.15, 0.2) is 0 Å². The van der Waals surface area contributed by atoms with Crippen LogP contribution in [0.3, 0.4) is 0 Å². The van der Waals surface area contributed by atoms with E-state index in [0.29, 0.717) is 5.56 Å². The van der Waals surface area contributed by atoms with E-state index in [2.05, 4.69) is 12.2 Å². The van der Waals surface area contributed by atoms with Crippen LogP contribution in [0.15, 0.2) is 36.4 Å². The van der Waals surface area contributed by atoms with Crippen molar-refractivity contribution in [2.24, 2.45) is 5.73 Å². The molecule has 3 N–H and O–H groups in total. The van der Waals surface area contributed by atoms with Crippen molar-refractivity contribution in [3.8, 4) is 5.75 Å². The van der Waals surface area contributed by atoms with Crippen LogP contribution in [-0.4, -0.2) is 11.0 Å². The fourth-order valence-corrected chi connectivity index (χ4v) is 0.626. The Bertz CT molecular complexity index is 310. The number of allylic oxidation sites excluding steroid dienone is 2. The summed E-state index contributed by atoms with van der Waals surface area (Å²) in [6.07, 6.45) is 5.50. The van der Waals surface area contributed by atoms with Crippen molar-refractivity contribution in [2.75, 3.05) is 0 Å². The first-order chi connectivity index (χ1) is 6.20. The third-order valence-corrected chi connectivity index (χ3v) is 1.39. The average molecular weight is 177 g/mol. The fourth-order valence-electron chi connectivity index (χ4n) is 0.626. The lowest BCUT2D eigenvalue weighted by atomic mass is 10.2. The van der Waals surface area contributed by atoms with E-state index >= 15 is 0 Å². The van der Waals surface area contributed by atoms with E-state index in [1.54, 1.807) is 0 Å². The van der Waals surface area contributed by atoms with E-state index in [4.69, 9.17) is 10.8 Å². The topological polar surface area (TPSA) is 63.3 Å². The first-order valence-electron chi connectivity index (χ1n) is 3.94. The van der Waals surface area contributed by atoms with E-state index in [0.717, 1.165) is 0 Å². The molecule has 13 heavy (non-hydrogen) atoms. The third kappa shape index (κ3) is 3.96. The summed E-state index contributed by atoms with van der Waals surface area (Å²) in [6.45, 7) is 0. The van der Waals surface area contributed by atoms with Gasteiger partial charge in [-0.2, -0.15) is 0 Å². The van der Waals surface area contributed by atoms with Gasteiger partial charge >= 0.3 is 0 Å². The lowest BCUT2D eigenvalue weighted by Gasteiger charge is -1.93. The van der Waals surface area contributed by atoms with Gasteiger partial charge in [-0.1, -0.05) is 12.2 Å². The fraction of sp³-hybridized carbons (Fsp3) is 0.100. The number of carbonyl (C=O) groups excluding carboxylic acids is 1. The van der Waals surface area contributed by atoms with Crippen molar-refractivity contribution in [3.05, 3.63) is 42.0 Å². The summed E-state index contributed by atoms with van der Waals surface area (Å²) >= 11 is 0. The number of aromatic hydroxyl groups is 1. The Hall–Kier alpha value is -1.77. The molecule has 0 saturated carbocycles. The largest absolute Gasteiger partial charge is 0.508 e. The molecule has 1 aromatic rings. The van der Waals surface area contributed by atoms with Crippen LogP contribution in [0.1, 0.15) is 16.8 Å². The van der Waals surface area contributed by atoms with Crippen LogP contribution in [0.5, 0.6) is 5.75 Å². The standard InChI is InChI=1S/C7H7NO2.C3H4/c8-7(10)5-1-3-6(9)4-2-5;1-2-3-1/h1-4,9H,(H2,8,10);1-2H,3H2. The number of amides is 1. The molecule has 0 saturated heterocycles. The second-order valence-corrected chi connectivity index (χ2v) is 2.62. The number of phenols is 1. The van der Waals surface area contributed by atoms with Crippen molar-refractivity contribution >= 4 is 5.91 Å². The number of hydrogen-bond acceptors (Lipinski definition) is 2. The van der Waals surface area contributed by atoms with Gasteiger partial charge in [-0.3, -0.25) is 4.79 Å². The van der Waals surface area contributed by atoms with E-state index in [1.807, 2.05) is 0 Å². The molecule has 2 rings (SSSR count). The summed E-state index contributed by atoms with van der Waals surface area (Å²) in [5.74, 6) is -0.356. The molecule has 0 bridgehead atoms. The summed E-state index contributed by atoms with van der Waals surface area (Å²) in [6, 6.07) is 5.77. The third-order valence-electron chi connectivity index (χ3n) is 1.39. The van der Waals surface area contributed by atoms with Gasteiger partial charge in [-0.15, -0.1) is 0 Å². The molecule has 1 aliphatic rings. The summed E-state index contributed by atoms with van der Waals surface area (Å²) in [5.41, 5.74) is 5.34. The summed E-state index contributed by atoms with van der Waals surface area (Å²) in [4.78, 5) is 10.5. The maximum Gasteiger partial charge on any atom is 0.248 e. The molecule has 68 valence electrons. The number of hydrogen-bond donors (Lipinski definition) is 2. The van der Waals surface area contributed by atoms with Crippen LogP contribution in [0.25, 0.3) is 0 Å². The number of primary amides is 1. The Morgan fingerprint density at radius 2 is 1.69 bits per heavy atom. The highest BCUT2D eigenvalue weighted by Crippen LogP contribution is 2.08. The normalized spacial score (nSPS) is 11.4. The van der Waals surface area contributed by atoms with Gasteiger partial charge < -0.3 is 10.8 Å². The zero-order valence-corrected chi connectivity index (χ0v) is 7.10. The molecule has 0 aliphatic heterocycles. The lowest BCUT2D eigenvalue weighted by Crippen LogP contribution is -2.10. The Labute approximate surface area is 76.5 Å². The van der Waals surface area contributed by atoms with E-state index in [9.17, 15) is 4.79 Å². The van der Waals surface area contributed by atoms with E-state index in [-0.39, 0.29) is 5.75 Å². The van der Waals surface area contributed by atoms with Crippen molar-refractivity contribution in [1.82, 2.24) is 0 Å². The average Bonchev–Trinajstić information content (AvgIpc) is 2.90. The number of phenolic OH excluding ortho intramolecular Hbond substituents is 1. The minimum absolute atomic E-state index is 0.130. The minimum Gasteiger partial charge on any atom is -0.508 e. The molecule has 0 aromatic heterocycles. The quantitative estimate of drug-likeness (QED) is 0.637. The highest BCUT2D eigenvalue weighted by molar-refractivity contribution is 5.92. The molecule has 0 heterocycles. The molecular weight excluding hydrogens is 166 g/mol. The molecule has 1 aromatic carbocycles. The maximum absolute atomic E-state index is 10.5.